The van der Waals surface area contributed by atoms with Gasteiger partial charge in [-0.2, -0.15) is 10.5 Å². The van der Waals surface area contributed by atoms with Gasteiger partial charge < -0.3 is 9.30 Å². The van der Waals surface area contributed by atoms with Gasteiger partial charge in [-0.15, -0.1) is 0 Å². The molecule has 2 aliphatic rings. The number of hydrogen-bond donors (Lipinski definition) is 0. The number of imidazole rings is 1. The predicted octanol–water partition coefficient (Wildman–Crippen LogP) is 4.95. The van der Waals surface area contributed by atoms with Crippen molar-refractivity contribution in [1.29, 1.82) is 10.5 Å². The summed E-state index contributed by atoms with van der Waals surface area (Å²) < 4.78 is 8.16. The van der Waals surface area contributed by atoms with Crippen LogP contribution in [-0.2, 0) is 17.7 Å². The molecule has 0 radical (unpaired) electrons. The van der Waals surface area contributed by atoms with Crippen molar-refractivity contribution in [1.82, 2.24) is 9.55 Å². The molecule has 33 heavy (non-hydrogen) atoms. The van der Waals surface area contributed by atoms with Gasteiger partial charge in [0, 0.05) is 12.2 Å². The van der Waals surface area contributed by atoms with E-state index in [1.165, 1.54) is 0 Å². The molecule has 2 fully saturated rings. The molecule has 1 aromatic heterocycles. The number of carbonyl (C=O) groups is 1. The third-order valence-electron chi connectivity index (χ3n) is 6.97. The van der Waals surface area contributed by atoms with Gasteiger partial charge in [0.1, 0.15) is 5.60 Å². The van der Waals surface area contributed by atoms with Crippen LogP contribution >= 0.6 is 0 Å². The Bertz CT molecular complexity index is 1300. The first-order valence-corrected chi connectivity index (χ1v) is 11.2. The summed E-state index contributed by atoms with van der Waals surface area (Å²) in [5.74, 6) is 0. The van der Waals surface area contributed by atoms with Crippen molar-refractivity contribution < 1.29 is 9.53 Å². The summed E-state index contributed by atoms with van der Waals surface area (Å²) in [6.07, 6.45) is 5.52. The molecule has 1 aliphatic carbocycles. The van der Waals surface area contributed by atoms with Crippen LogP contribution in [0.2, 0.25) is 0 Å². The van der Waals surface area contributed by atoms with Gasteiger partial charge in [-0.05, 0) is 67.0 Å². The molecule has 7 heteroatoms. The molecule has 5 rings (SSSR count). The Morgan fingerprint density at radius 3 is 2.73 bits per heavy atom. The van der Waals surface area contributed by atoms with Gasteiger partial charge in [0.05, 0.1) is 48.0 Å². The van der Waals surface area contributed by atoms with Crippen molar-refractivity contribution in [2.75, 3.05) is 11.4 Å². The first kappa shape index (κ1) is 21.0. The standard InChI is InChI=1S/C26H25N5O2/c1-25(16-30-18-29-22-8-5-20(14-28)13-23(22)30)10-2-11-26(15-25)17-31(24(32)33-26)21-6-3-19(4-7-21)9-12-27/h3-8,13,18H,2,9-11,15-17H2,1H3/t25-,26-/m0/s1. The molecule has 0 bridgehead atoms. The highest BCUT2D eigenvalue weighted by Crippen LogP contribution is 2.48. The molecule has 2 atom stereocenters. The highest BCUT2D eigenvalue weighted by molar-refractivity contribution is 5.90. The molecule has 1 saturated carbocycles. The zero-order valence-corrected chi connectivity index (χ0v) is 18.6. The minimum Gasteiger partial charge on any atom is -0.441 e. The highest BCUT2D eigenvalue weighted by atomic mass is 16.6. The molecule has 0 N–H and O–H groups in total. The van der Waals surface area contributed by atoms with Crippen molar-refractivity contribution in [3.63, 3.8) is 0 Å². The number of benzene rings is 2. The van der Waals surface area contributed by atoms with E-state index in [4.69, 9.17) is 10.00 Å². The molecule has 166 valence electrons. The average molecular weight is 440 g/mol. The van der Waals surface area contributed by atoms with E-state index in [0.717, 1.165) is 54.5 Å². The Morgan fingerprint density at radius 2 is 1.97 bits per heavy atom. The number of anilines is 1. The Morgan fingerprint density at radius 1 is 1.15 bits per heavy atom. The van der Waals surface area contributed by atoms with Crippen LogP contribution in [-0.4, -0.2) is 27.8 Å². The lowest BCUT2D eigenvalue weighted by atomic mass is 9.68. The van der Waals surface area contributed by atoms with Gasteiger partial charge in [0.15, 0.2) is 0 Å². The summed E-state index contributed by atoms with van der Waals surface area (Å²) in [6.45, 7) is 3.53. The van der Waals surface area contributed by atoms with E-state index in [2.05, 4.69) is 28.6 Å². The number of nitrogens with zero attached hydrogens (tertiary/aromatic N) is 5. The Balaban J connectivity index is 1.36. The van der Waals surface area contributed by atoms with E-state index in [1.54, 1.807) is 11.0 Å². The van der Waals surface area contributed by atoms with Crippen molar-refractivity contribution in [3.05, 3.63) is 59.9 Å². The minimum atomic E-state index is -0.510. The van der Waals surface area contributed by atoms with Crippen molar-refractivity contribution in [2.24, 2.45) is 5.41 Å². The summed E-state index contributed by atoms with van der Waals surface area (Å²) in [4.78, 5) is 19.1. The van der Waals surface area contributed by atoms with Crippen LogP contribution in [0.25, 0.3) is 11.0 Å². The second kappa shape index (κ2) is 7.94. The molecule has 3 aromatic rings. The highest BCUT2D eigenvalue weighted by Gasteiger charge is 2.51. The minimum absolute atomic E-state index is 0.0680. The molecule has 1 aliphatic heterocycles. The van der Waals surface area contributed by atoms with Crippen LogP contribution in [0.1, 0.15) is 43.7 Å². The Hall–Kier alpha value is -3.84. The van der Waals surface area contributed by atoms with Crippen molar-refractivity contribution in [2.45, 2.75) is 51.2 Å². The lowest BCUT2D eigenvalue weighted by molar-refractivity contribution is -0.0264. The van der Waals surface area contributed by atoms with E-state index in [1.807, 2.05) is 42.7 Å². The number of amides is 1. The van der Waals surface area contributed by atoms with Crippen LogP contribution in [0.3, 0.4) is 0 Å². The van der Waals surface area contributed by atoms with Crippen molar-refractivity contribution in [3.8, 4) is 12.1 Å². The molecule has 1 spiro atoms. The van der Waals surface area contributed by atoms with E-state index >= 15 is 0 Å². The van der Waals surface area contributed by atoms with Crippen LogP contribution in [0, 0.1) is 28.1 Å². The monoisotopic (exact) mass is 439 g/mol. The number of rotatable bonds is 4. The van der Waals surface area contributed by atoms with Gasteiger partial charge in [-0.25, -0.2) is 9.78 Å². The first-order chi connectivity index (χ1) is 15.9. The summed E-state index contributed by atoms with van der Waals surface area (Å²) in [6, 6.07) is 17.5. The Labute approximate surface area is 192 Å². The van der Waals surface area contributed by atoms with Gasteiger partial charge >= 0.3 is 6.09 Å². The van der Waals surface area contributed by atoms with E-state index in [9.17, 15) is 10.1 Å². The first-order valence-electron chi connectivity index (χ1n) is 11.2. The average Bonchev–Trinajstić information content (AvgIpc) is 3.33. The van der Waals surface area contributed by atoms with Crippen LogP contribution in [0.15, 0.2) is 48.8 Å². The fourth-order valence-corrected chi connectivity index (χ4v) is 5.52. The summed E-state index contributed by atoms with van der Waals surface area (Å²) in [7, 11) is 0. The van der Waals surface area contributed by atoms with Gasteiger partial charge in [-0.1, -0.05) is 19.1 Å². The maximum absolute atomic E-state index is 12.8. The fraction of sp³-hybridized carbons (Fsp3) is 0.385. The second-order valence-electron chi connectivity index (χ2n) is 9.67. The molecular weight excluding hydrogens is 414 g/mol. The quantitative estimate of drug-likeness (QED) is 0.573. The van der Waals surface area contributed by atoms with Crippen molar-refractivity contribution >= 4 is 22.8 Å². The maximum Gasteiger partial charge on any atom is 0.415 e. The maximum atomic E-state index is 12.8. The number of ether oxygens (including phenoxy) is 1. The van der Waals surface area contributed by atoms with Crippen LogP contribution in [0.4, 0.5) is 10.5 Å². The van der Waals surface area contributed by atoms with E-state index in [0.29, 0.717) is 18.5 Å². The normalized spacial score (nSPS) is 24.6. The zero-order chi connectivity index (χ0) is 23.1. The Kier molecular flexibility index (Phi) is 5.06. The number of aromatic nitrogens is 2. The smallest absolute Gasteiger partial charge is 0.415 e. The summed E-state index contributed by atoms with van der Waals surface area (Å²) >= 11 is 0. The second-order valence-corrected chi connectivity index (χ2v) is 9.67. The number of fused-ring (bicyclic) bond motifs is 1. The van der Waals surface area contributed by atoms with E-state index < -0.39 is 5.60 Å². The molecule has 2 aromatic carbocycles. The number of nitriles is 2. The molecule has 7 nitrogen and oxygen atoms in total. The largest absolute Gasteiger partial charge is 0.441 e. The van der Waals surface area contributed by atoms with Gasteiger partial charge in [0.2, 0.25) is 0 Å². The topological polar surface area (TPSA) is 94.9 Å². The summed E-state index contributed by atoms with van der Waals surface area (Å²) in [5, 5.41) is 18.2. The SMILES string of the molecule is C[C@]1(Cn2cnc3ccc(C#N)cc32)CCC[C@@]2(CN(c3ccc(CC#N)cc3)C(=O)O2)C1. The molecule has 1 amide bonds. The third-order valence-corrected chi connectivity index (χ3v) is 6.97. The molecule has 0 unspecified atom stereocenters. The molecular formula is C26H25N5O2. The molecule has 2 heterocycles. The number of hydrogen-bond acceptors (Lipinski definition) is 5. The van der Waals surface area contributed by atoms with Gasteiger partial charge in [-0.3, -0.25) is 4.90 Å². The summed E-state index contributed by atoms with van der Waals surface area (Å²) in [5.41, 5.74) is 3.61. The van der Waals surface area contributed by atoms with Crippen LogP contribution < -0.4 is 4.90 Å². The fourth-order valence-electron chi connectivity index (χ4n) is 5.52. The van der Waals surface area contributed by atoms with Crippen LogP contribution in [0.5, 0.6) is 0 Å². The molecule has 1 saturated heterocycles. The zero-order valence-electron chi connectivity index (χ0n) is 18.6. The lowest BCUT2D eigenvalue weighted by Crippen LogP contribution is -2.45. The van der Waals surface area contributed by atoms with E-state index in [-0.39, 0.29) is 11.5 Å². The number of carbonyl (C=O) groups excluding carboxylic acids is 1. The third kappa shape index (κ3) is 3.91. The predicted molar refractivity (Wildman–Crippen MR) is 123 cm³/mol. The lowest BCUT2D eigenvalue weighted by Gasteiger charge is -2.43. The van der Waals surface area contributed by atoms with Gasteiger partial charge in [0.25, 0.3) is 0 Å².